The Morgan fingerprint density at radius 1 is 1.07 bits per heavy atom. The fraction of sp³-hybridized carbons (Fsp3) is 0.417. The molecule has 0 spiro atoms. The van der Waals surface area contributed by atoms with Crippen LogP contribution in [-0.4, -0.2) is 44.2 Å². The quantitative estimate of drug-likeness (QED) is 0.661. The van der Waals surface area contributed by atoms with E-state index in [1.807, 2.05) is 11.3 Å². The number of hydrogen-bond acceptors (Lipinski definition) is 4. The summed E-state index contributed by atoms with van der Waals surface area (Å²) in [5.41, 5.74) is 5.77. The van der Waals surface area contributed by atoms with Crippen LogP contribution in [0, 0.1) is 0 Å². The van der Waals surface area contributed by atoms with Crippen LogP contribution in [0.1, 0.15) is 30.4 Å². The van der Waals surface area contributed by atoms with Crippen LogP contribution in [0.4, 0.5) is 11.4 Å². The number of rotatable bonds is 4. The van der Waals surface area contributed by atoms with E-state index in [0.717, 1.165) is 39.1 Å². The summed E-state index contributed by atoms with van der Waals surface area (Å²) in [5, 5.41) is 7.29. The van der Waals surface area contributed by atoms with Crippen LogP contribution in [0.25, 0.3) is 10.1 Å². The fourth-order valence-corrected chi connectivity index (χ4v) is 5.59. The van der Waals surface area contributed by atoms with Crippen molar-refractivity contribution in [3.05, 3.63) is 59.0 Å². The van der Waals surface area contributed by atoms with Gasteiger partial charge in [-0.1, -0.05) is 37.3 Å². The van der Waals surface area contributed by atoms with E-state index in [-0.39, 0.29) is 0 Å². The van der Waals surface area contributed by atoms with Crippen molar-refractivity contribution in [1.29, 1.82) is 0 Å². The lowest BCUT2D eigenvalue weighted by atomic mass is 9.91. The van der Waals surface area contributed by atoms with Gasteiger partial charge in [-0.15, -0.1) is 11.3 Å². The first-order chi connectivity index (χ1) is 13.8. The highest BCUT2D eigenvalue weighted by molar-refractivity contribution is 7.17. The molecule has 3 aromatic rings. The Bertz CT molecular complexity index is 955. The van der Waals surface area contributed by atoms with Crippen LogP contribution in [0.5, 0.6) is 0 Å². The van der Waals surface area contributed by atoms with Crippen LogP contribution in [0.15, 0.2) is 47.8 Å². The molecule has 0 bridgehead atoms. The van der Waals surface area contributed by atoms with E-state index in [2.05, 4.69) is 69.9 Å². The summed E-state index contributed by atoms with van der Waals surface area (Å²) in [6.07, 6.45) is 2.40. The molecule has 1 saturated heterocycles. The zero-order chi connectivity index (χ0) is 18.9. The second-order valence-electron chi connectivity index (χ2n) is 8.23. The highest BCUT2D eigenvalue weighted by Crippen LogP contribution is 2.34. The molecule has 5 rings (SSSR count). The maximum Gasteiger partial charge on any atom is 0.0555 e. The minimum atomic E-state index is 0.681. The number of hydrogen-bond donors (Lipinski definition) is 1. The van der Waals surface area contributed by atoms with Gasteiger partial charge in [0.25, 0.3) is 0 Å². The molecule has 146 valence electrons. The van der Waals surface area contributed by atoms with Gasteiger partial charge in [-0.25, -0.2) is 0 Å². The molecule has 1 aromatic heterocycles. The second kappa shape index (κ2) is 7.76. The summed E-state index contributed by atoms with van der Waals surface area (Å²) in [6.45, 7) is 9.21. The minimum absolute atomic E-state index is 0.681. The lowest BCUT2D eigenvalue weighted by molar-refractivity contribution is 0.261. The molecule has 1 N–H and O–H groups in total. The summed E-state index contributed by atoms with van der Waals surface area (Å²) in [5.74, 6) is 0.681. The van der Waals surface area contributed by atoms with Crippen LogP contribution >= 0.6 is 11.3 Å². The first-order valence-corrected chi connectivity index (χ1v) is 11.5. The summed E-state index contributed by atoms with van der Waals surface area (Å²) in [6, 6.07) is 15.8. The maximum absolute atomic E-state index is 3.54. The molecule has 0 radical (unpaired) electrons. The molecular weight excluding hydrogens is 362 g/mol. The Morgan fingerprint density at radius 3 is 2.82 bits per heavy atom. The zero-order valence-electron chi connectivity index (χ0n) is 16.7. The summed E-state index contributed by atoms with van der Waals surface area (Å²) < 4.78 is 1.40. The van der Waals surface area contributed by atoms with Gasteiger partial charge in [-0.05, 0) is 42.0 Å². The number of thiophene rings is 1. The first-order valence-electron chi connectivity index (χ1n) is 10.6. The minimum Gasteiger partial charge on any atom is -0.385 e. The average molecular weight is 392 g/mol. The molecule has 2 aliphatic heterocycles. The summed E-state index contributed by atoms with van der Waals surface area (Å²) >= 11 is 1.87. The summed E-state index contributed by atoms with van der Waals surface area (Å²) in [4.78, 5) is 5.20. The fourth-order valence-electron chi connectivity index (χ4n) is 4.62. The molecule has 0 unspecified atom stereocenters. The van der Waals surface area contributed by atoms with Gasteiger partial charge in [0, 0.05) is 60.4 Å². The number of piperazine rings is 1. The van der Waals surface area contributed by atoms with E-state index >= 15 is 0 Å². The number of nitrogens with one attached hydrogen (secondary N) is 1. The Labute approximate surface area is 172 Å². The highest BCUT2D eigenvalue weighted by Gasteiger charge is 2.20. The van der Waals surface area contributed by atoms with Gasteiger partial charge in [-0.3, -0.25) is 4.90 Å². The SMILES string of the molecule is C[C@@H]1CCNc2ccc(CCN3CCN(c4csc5ccccc45)CC3)cc21. The van der Waals surface area contributed by atoms with E-state index in [9.17, 15) is 0 Å². The molecule has 3 heterocycles. The third-order valence-corrected chi connectivity index (χ3v) is 7.38. The van der Waals surface area contributed by atoms with Crippen molar-refractivity contribution in [3.8, 4) is 0 Å². The Hall–Kier alpha value is -2.04. The van der Waals surface area contributed by atoms with Crippen LogP contribution < -0.4 is 10.2 Å². The van der Waals surface area contributed by atoms with Crippen LogP contribution in [0.2, 0.25) is 0 Å². The normalized spacial score (nSPS) is 20.2. The van der Waals surface area contributed by atoms with Crippen molar-refractivity contribution in [3.63, 3.8) is 0 Å². The second-order valence-corrected chi connectivity index (χ2v) is 9.15. The van der Waals surface area contributed by atoms with E-state index < -0.39 is 0 Å². The molecule has 28 heavy (non-hydrogen) atoms. The number of anilines is 2. The standard InChI is InChI=1S/C24H29N3S/c1-18-8-10-25-22-7-6-19(16-21(18)22)9-11-26-12-14-27(15-13-26)23-17-28-24-5-3-2-4-20(23)24/h2-7,16-18,25H,8-15H2,1H3/t18-/m1/s1. The molecule has 1 atom stereocenters. The summed E-state index contributed by atoms with van der Waals surface area (Å²) in [7, 11) is 0. The van der Waals surface area contributed by atoms with E-state index in [1.165, 1.54) is 45.6 Å². The number of nitrogens with zero attached hydrogens (tertiary/aromatic N) is 2. The van der Waals surface area contributed by atoms with Gasteiger partial charge >= 0.3 is 0 Å². The third kappa shape index (κ3) is 3.51. The van der Waals surface area contributed by atoms with E-state index in [4.69, 9.17) is 0 Å². The van der Waals surface area contributed by atoms with Gasteiger partial charge < -0.3 is 10.2 Å². The average Bonchev–Trinajstić information content (AvgIpc) is 3.17. The largest absolute Gasteiger partial charge is 0.385 e. The number of benzene rings is 2. The molecule has 2 aliphatic rings. The molecule has 0 aliphatic carbocycles. The highest BCUT2D eigenvalue weighted by atomic mass is 32.1. The van der Waals surface area contributed by atoms with Crippen LogP contribution in [0.3, 0.4) is 0 Å². The molecule has 3 nitrogen and oxygen atoms in total. The molecule has 0 amide bonds. The van der Waals surface area contributed by atoms with Gasteiger partial charge in [0.1, 0.15) is 0 Å². The van der Waals surface area contributed by atoms with Gasteiger partial charge in [0.2, 0.25) is 0 Å². The van der Waals surface area contributed by atoms with Gasteiger partial charge in [0.15, 0.2) is 0 Å². The molecule has 4 heteroatoms. The monoisotopic (exact) mass is 391 g/mol. The van der Waals surface area contributed by atoms with E-state index in [1.54, 1.807) is 0 Å². The zero-order valence-corrected chi connectivity index (χ0v) is 17.5. The van der Waals surface area contributed by atoms with Gasteiger partial charge in [0.05, 0.1) is 5.69 Å². The molecule has 2 aromatic carbocycles. The predicted octanol–water partition coefficient (Wildman–Crippen LogP) is 5.19. The Kier molecular flexibility index (Phi) is 5.00. The molecular formula is C24H29N3S. The van der Waals surface area contributed by atoms with Crippen molar-refractivity contribution in [2.45, 2.75) is 25.7 Å². The topological polar surface area (TPSA) is 18.5 Å². The number of fused-ring (bicyclic) bond motifs is 2. The van der Waals surface area contributed by atoms with Crippen molar-refractivity contribution in [2.75, 3.05) is 49.5 Å². The van der Waals surface area contributed by atoms with Crippen LogP contribution in [-0.2, 0) is 6.42 Å². The van der Waals surface area contributed by atoms with Gasteiger partial charge in [-0.2, -0.15) is 0 Å². The lowest BCUT2D eigenvalue weighted by Crippen LogP contribution is -2.46. The Balaban J connectivity index is 1.18. The van der Waals surface area contributed by atoms with Crippen molar-refractivity contribution in [1.82, 2.24) is 4.90 Å². The maximum atomic E-state index is 3.54. The third-order valence-electron chi connectivity index (χ3n) is 6.43. The molecule has 0 saturated carbocycles. The van der Waals surface area contributed by atoms with E-state index in [0.29, 0.717) is 5.92 Å². The lowest BCUT2D eigenvalue weighted by Gasteiger charge is -2.36. The Morgan fingerprint density at radius 2 is 1.93 bits per heavy atom. The van der Waals surface area contributed by atoms with Crippen molar-refractivity contribution < 1.29 is 0 Å². The first kappa shape index (κ1) is 18.0. The van der Waals surface area contributed by atoms with Crippen molar-refractivity contribution in [2.24, 2.45) is 0 Å². The smallest absolute Gasteiger partial charge is 0.0555 e. The molecule has 1 fully saturated rings. The predicted molar refractivity (Wildman–Crippen MR) is 122 cm³/mol. The van der Waals surface area contributed by atoms with Crippen molar-refractivity contribution >= 4 is 32.8 Å².